The van der Waals surface area contributed by atoms with Gasteiger partial charge in [-0.25, -0.2) is 0 Å². The summed E-state index contributed by atoms with van der Waals surface area (Å²) in [4.78, 5) is 2.37. The van der Waals surface area contributed by atoms with Crippen molar-refractivity contribution in [3.63, 3.8) is 0 Å². The van der Waals surface area contributed by atoms with E-state index in [4.69, 9.17) is 0 Å². The van der Waals surface area contributed by atoms with E-state index in [9.17, 15) is 0 Å². The average molecular weight is 833 g/mol. The Labute approximate surface area is 382 Å². The molecule has 1 aromatic heterocycles. The second kappa shape index (κ2) is 18.5. The summed E-state index contributed by atoms with van der Waals surface area (Å²) in [6.45, 7) is 5.42. The van der Waals surface area contributed by atoms with Crippen LogP contribution < -0.4 is 4.90 Å². The molecule has 10 aromatic carbocycles. The molecule has 2 heteroatoms. The zero-order chi connectivity index (χ0) is 44.0. The minimum Gasteiger partial charge on any atom is -0.310 e. The first-order valence-corrected chi connectivity index (χ1v) is 22.2. The first-order chi connectivity index (χ1) is 32.2. The topological polar surface area (TPSA) is 8.17 Å². The Morgan fingerprint density at radius 1 is 0.369 bits per heavy atom. The van der Waals surface area contributed by atoms with Gasteiger partial charge in [0.15, 0.2) is 0 Å². The molecule has 0 atom stereocenters. The molecule has 0 unspecified atom stereocenters. The van der Waals surface area contributed by atoms with Gasteiger partial charge in [-0.15, -0.1) is 0 Å². The van der Waals surface area contributed by atoms with E-state index in [2.05, 4.69) is 259 Å². The Kier molecular flexibility index (Phi) is 11.5. The maximum Gasteiger partial charge on any atom is 0.0541 e. The number of hydrogen-bond acceptors (Lipinski definition) is 1. The highest BCUT2D eigenvalue weighted by Gasteiger charge is 2.18. The van der Waals surface area contributed by atoms with Crippen LogP contribution in [-0.4, -0.2) is 4.57 Å². The first kappa shape index (κ1) is 40.6. The average Bonchev–Trinajstić information content (AvgIpc) is 3.72. The molecule has 0 spiro atoms. The van der Waals surface area contributed by atoms with Crippen molar-refractivity contribution in [2.45, 2.75) is 6.92 Å². The summed E-state index contributed by atoms with van der Waals surface area (Å²) in [6.07, 6.45) is 5.58. The highest BCUT2D eigenvalue weighted by Crippen LogP contribution is 2.43. The predicted octanol–water partition coefficient (Wildman–Crippen LogP) is 17.8. The zero-order valence-electron chi connectivity index (χ0n) is 36.4. The van der Waals surface area contributed by atoms with Crippen molar-refractivity contribution < 1.29 is 0 Å². The van der Waals surface area contributed by atoms with E-state index in [1.54, 1.807) is 6.08 Å². The lowest BCUT2D eigenvalue weighted by atomic mass is 9.94. The summed E-state index contributed by atoms with van der Waals surface area (Å²) in [5.41, 5.74) is 16.6. The standard InChI is InChI=1S/C58H40N2.C5H8/c1-4-15-41(16-5-1)43-31-34-49(35-32-43)59(48-20-8-3-9-21-48)57-38-36-51(52-23-10-11-24-53(52)57)45-29-27-44(28-30-45)47-33-37-58-55(40-47)54-25-12-13-26-56(54)60(58)50-22-14-19-46(39-50)42-17-6-2-7-18-42;1-3-5-4-2/h1-40H;3-5H,1H2,2H3/b;5-4-. The maximum absolute atomic E-state index is 3.46. The summed E-state index contributed by atoms with van der Waals surface area (Å²) in [5, 5.41) is 4.91. The summed E-state index contributed by atoms with van der Waals surface area (Å²) >= 11 is 0. The van der Waals surface area contributed by atoms with Crippen molar-refractivity contribution in [3.8, 4) is 50.2 Å². The molecule has 0 bridgehead atoms. The van der Waals surface area contributed by atoms with Crippen molar-refractivity contribution in [1.29, 1.82) is 0 Å². The minimum atomic E-state index is 1.11. The van der Waals surface area contributed by atoms with Gasteiger partial charge >= 0.3 is 0 Å². The largest absolute Gasteiger partial charge is 0.310 e. The number of hydrogen-bond donors (Lipinski definition) is 0. The number of allylic oxidation sites excluding steroid dienone is 3. The van der Waals surface area contributed by atoms with Crippen LogP contribution in [0.2, 0.25) is 0 Å². The fraction of sp³-hybridized carbons (Fsp3) is 0.0159. The SMILES string of the molecule is C=C/C=C\C.c1ccc(-c2ccc(N(c3ccccc3)c3ccc(-c4ccc(-c5ccc6c(c5)c5ccccc5n6-c5cccc(-c6ccccc6)c5)cc4)c4ccccc34)cc2)cc1. The molecule has 0 saturated heterocycles. The highest BCUT2D eigenvalue weighted by atomic mass is 15.1. The van der Waals surface area contributed by atoms with Gasteiger partial charge in [0.05, 0.1) is 16.7 Å². The van der Waals surface area contributed by atoms with Crippen LogP contribution in [0, 0.1) is 0 Å². The molecule has 0 aliphatic heterocycles. The zero-order valence-corrected chi connectivity index (χ0v) is 36.4. The molecular weight excluding hydrogens is 785 g/mol. The van der Waals surface area contributed by atoms with Gasteiger partial charge in [0.1, 0.15) is 0 Å². The molecule has 0 aliphatic carbocycles. The summed E-state index contributed by atoms with van der Waals surface area (Å²) in [5.74, 6) is 0. The van der Waals surface area contributed by atoms with Crippen molar-refractivity contribution in [2.24, 2.45) is 0 Å². The van der Waals surface area contributed by atoms with Crippen LogP contribution in [0.25, 0.3) is 82.8 Å². The number of anilines is 3. The molecule has 0 fully saturated rings. The molecule has 11 aromatic rings. The maximum atomic E-state index is 3.46. The Bertz CT molecular complexity index is 3420. The molecule has 11 rings (SSSR count). The number of fused-ring (bicyclic) bond motifs is 4. The van der Waals surface area contributed by atoms with Crippen molar-refractivity contribution in [1.82, 2.24) is 4.57 Å². The third-order valence-corrected chi connectivity index (χ3v) is 12.1. The molecule has 0 aliphatic rings. The monoisotopic (exact) mass is 832 g/mol. The van der Waals surface area contributed by atoms with E-state index in [1.807, 2.05) is 19.1 Å². The fourth-order valence-corrected chi connectivity index (χ4v) is 9.03. The Balaban J connectivity index is 0.000000946. The molecule has 1 heterocycles. The molecular formula is C63H48N2. The van der Waals surface area contributed by atoms with Gasteiger partial charge < -0.3 is 9.47 Å². The Morgan fingerprint density at radius 3 is 1.54 bits per heavy atom. The molecule has 0 radical (unpaired) electrons. The summed E-state index contributed by atoms with van der Waals surface area (Å²) < 4.78 is 2.40. The number of para-hydroxylation sites is 2. The van der Waals surface area contributed by atoms with Gasteiger partial charge in [-0.05, 0) is 117 Å². The second-order valence-corrected chi connectivity index (χ2v) is 16.1. The van der Waals surface area contributed by atoms with Crippen LogP contribution >= 0.6 is 0 Å². The van der Waals surface area contributed by atoms with E-state index >= 15 is 0 Å². The Hall–Kier alpha value is -8.46. The lowest BCUT2D eigenvalue weighted by Gasteiger charge is -2.27. The third kappa shape index (κ3) is 8.18. The van der Waals surface area contributed by atoms with Crippen molar-refractivity contribution in [2.75, 3.05) is 4.90 Å². The van der Waals surface area contributed by atoms with Crippen LogP contribution in [0.5, 0.6) is 0 Å². The fourth-order valence-electron chi connectivity index (χ4n) is 9.03. The van der Waals surface area contributed by atoms with E-state index in [1.165, 1.54) is 77.1 Å². The van der Waals surface area contributed by atoms with Crippen molar-refractivity contribution in [3.05, 3.63) is 267 Å². The molecule has 0 saturated carbocycles. The van der Waals surface area contributed by atoms with Crippen LogP contribution in [0.4, 0.5) is 17.1 Å². The molecule has 2 nitrogen and oxygen atoms in total. The number of nitrogens with zero attached hydrogens (tertiary/aromatic N) is 2. The molecule has 65 heavy (non-hydrogen) atoms. The first-order valence-electron chi connectivity index (χ1n) is 22.2. The summed E-state index contributed by atoms with van der Waals surface area (Å²) in [6, 6.07) is 87.7. The van der Waals surface area contributed by atoms with E-state index in [-0.39, 0.29) is 0 Å². The lowest BCUT2D eigenvalue weighted by Crippen LogP contribution is -2.10. The van der Waals surface area contributed by atoms with E-state index in [0.29, 0.717) is 0 Å². The second-order valence-electron chi connectivity index (χ2n) is 16.1. The number of aromatic nitrogens is 1. The van der Waals surface area contributed by atoms with Gasteiger partial charge in [0, 0.05) is 33.2 Å². The number of rotatable bonds is 9. The van der Waals surface area contributed by atoms with Gasteiger partial charge in [-0.1, -0.05) is 207 Å². The van der Waals surface area contributed by atoms with Gasteiger partial charge in [0.25, 0.3) is 0 Å². The van der Waals surface area contributed by atoms with Crippen LogP contribution in [0.1, 0.15) is 6.92 Å². The van der Waals surface area contributed by atoms with Crippen LogP contribution in [-0.2, 0) is 0 Å². The quantitative estimate of drug-likeness (QED) is 0.132. The molecule has 0 N–H and O–H groups in total. The summed E-state index contributed by atoms with van der Waals surface area (Å²) in [7, 11) is 0. The van der Waals surface area contributed by atoms with Crippen LogP contribution in [0.3, 0.4) is 0 Å². The third-order valence-electron chi connectivity index (χ3n) is 12.1. The van der Waals surface area contributed by atoms with E-state index in [0.717, 1.165) is 22.7 Å². The van der Waals surface area contributed by atoms with E-state index < -0.39 is 0 Å². The normalized spacial score (nSPS) is 11.2. The van der Waals surface area contributed by atoms with Gasteiger partial charge in [-0.3, -0.25) is 0 Å². The Morgan fingerprint density at radius 2 is 0.862 bits per heavy atom. The van der Waals surface area contributed by atoms with Gasteiger partial charge in [0.2, 0.25) is 0 Å². The van der Waals surface area contributed by atoms with Gasteiger partial charge in [-0.2, -0.15) is 0 Å². The lowest BCUT2D eigenvalue weighted by molar-refractivity contribution is 1.18. The smallest absolute Gasteiger partial charge is 0.0541 e. The number of benzene rings is 10. The predicted molar refractivity (Wildman–Crippen MR) is 280 cm³/mol. The molecule has 0 amide bonds. The molecule has 310 valence electrons. The van der Waals surface area contributed by atoms with Crippen LogP contribution in [0.15, 0.2) is 267 Å². The highest BCUT2D eigenvalue weighted by molar-refractivity contribution is 6.11. The van der Waals surface area contributed by atoms with Crippen molar-refractivity contribution >= 4 is 49.6 Å². The minimum absolute atomic E-state index is 1.11.